The van der Waals surface area contributed by atoms with E-state index in [4.69, 9.17) is 4.74 Å². The van der Waals surface area contributed by atoms with Crippen molar-refractivity contribution in [3.8, 4) is 0 Å². The summed E-state index contributed by atoms with van der Waals surface area (Å²) in [5.74, 6) is 0.0376. The van der Waals surface area contributed by atoms with Crippen LogP contribution in [0.5, 0.6) is 0 Å². The highest BCUT2D eigenvalue weighted by Crippen LogP contribution is 2.29. The average molecular weight is 188 g/mol. The topological polar surface area (TPSA) is 26.3 Å². The van der Waals surface area contributed by atoms with Crippen molar-refractivity contribution >= 4 is 5.97 Å². The second-order valence-corrected chi connectivity index (χ2v) is 3.26. The predicted molar refractivity (Wildman–Crippen MR) is 54.6 cm³/mol. The van der Waals surface area contributed by atoms with Crippen LogP contribution in [0.15, 0.2) is 47.6 Å². The maximum absolute atomic E-state index is 11.4. The molecule has 2 heteroatoms. The molecule has 0 aromatic heterocycles. The van der Waals surface area contributed by atoms with Gasteiger partial charge in [0.05, 0.1) is 12.2 Å². The van der Waals surface area contributed by atoms with Gasteiger partial charge in [-0.15, -0.1) is 0 Å². The van der Waals surface area contributed by atoms with Gasteiger partial charge in [-0.05, 0) is 18.6 Å². The van der Waals surface area contributed by atoms with E-state index in [-0.39, 0.29) is 11.9 Å². The number of ether oxygens (including phenoxy) is 1. The summed E-state index contributed by atoms with van der Waals surface area (Å²) in [5.41, 5.74) is 1.83. The van der Waals surface area contributed by atoms with Gasteiger partial charge in [-0.25, -0.2) is 4.79 Å². The fraction of sp³-hybridized carbons (Fsp3) is 0.250. The van der Waals surface area contributed by atoms with Crippen molar-refractivity contribution in [1.29, 1.82) is 0 Å². The van der Waals surface area contributed by atoms with Crippen molar-refractivity contribution in [2.45, 2.75) is 6.92 Å². The third-order valence-electron chi connectivity index (χ3n) is 2.30. The molecule has 0 bridgehead atoms. The number of esters is 1. The molecule has 0 saturated carbocycles. The lowest BCUT2D eigenvalue weighted by molar-refractivity contribution is -0.138. The molecule has 2 aliphatic rings. The summed E-state index contributed by atoms with van der Waals surface area (Å²) in [5, 5.41) is 0. The molecule has 14 heavy (non-hydrogen) atoms. The van der Waals surface area contributed by atoms with E-state index in [2.05, 4.69) is 6.08 Å². The minimum absolute atomic E-state index is 0.226. The number of fused-ring (bicyclic) bond motifs is 1. The molecule has 0 amide bonds. The van der Waals surface area contributed by atoms with Gasteiger partial charge in [0.25, 0.3) is 0 Å². The van der Waals surface area contributed by atoms with E-state index in [1.54, 1.807) is 0 Å². The molecule has 0 fully saturated rings. The fourth-order valence-electron chi connectivity index (χ4n) is 1.63. The van der Waals surface area contributed by atoms with Crippen LogP contribution in [0.4, 0.5) is 0 Å². The van der Waals surface area contributed by atoms with E-state index >= 15 is 0 Å². The van der Waals surface area contributed by atoms with Gasteiger partial charge in [-0.2, -0.15) is 0 Å². The lowest BCUT2D eigenvalue weighted by Crippen LogP contribution is -2.04. The van der Waals surface area contributed by atoms with Crippen molar-refractivity contribution in [3.63, 3.8) is 0 Å². The second-order valence-electron chi connectivity index (χ2n) is 3.26. The van der Waals surface area contributed by atoms with Gasteiger partial charge in [0.2, 0.25) is 0 Å². The van der Waals surface area contributed by atoms with Crippen LogP contribution in [0.1, 0.15) is 6.92 Å². The lowest BCUT2D eigenvalue weighted by Gasteiger charge is -2.06. The average Bonchev–Trinajstić information content (AvgIpc) is 2.61. The van der Waals surface area contributed by atoms with Gasteiger partial charge in [-0.1, -0.05) is 30.4 Å². The van der Waals surface area contributed by atoms with Crippen LogP contribution < -0.4 is 0 Å². The fourth-order valence-corrected chi connectivity index (χ4v) is 1.63. The van der Waals surface area contributed by atoms with Gasteiger partial charge in [0, 0.05) is 5.92 Å². The Balaban J connectivity index is 2.17. The Morgan fingerprint density at radius 3 is 3.07 bits per heavy atom. The molecule has 0 aromatic carbocycles. The first-order valence-electron chi connectivity index (χ1n) is 4.76. The maximum atomic E-state index is 11.4. The Morgan fingerprint density at radius 2 is 2.36 bits per heavy atom. The molecule has 0 radical (unpaired) electrons. The highest BCUT2D eigenvalue weighted by molar-refractivity contribution is 5.93. The summed E-state index contributed by atoms with van der Waals surface area (Å²) < 4.78 is 4.93. The molecule has 0 aromatic rings. The van der Waals surface area contributed by atoms with Crippen molar-refractivity contribution in [3.05, 3.63) is 47.6 Å². The van der Waals surface area contributed by atoms with Crippen molar-refractivity contribution in [2.24, 2.45) is 5.92 Å². The van der Waals surface area contributed by atoms with E-state index < -0.39 is 0 Å². The Morgan fingerprint density at radius 1 is 1.50 bits per heavy atom. The molecule has 2 rings (SSSR count). The van der Waals surface area contributed by atoms with Crippen LogP contribution in [0.2, 0.25) is 0 Å². The molecule has 0 heterocycles. The normalized spacial score (nSPS) is 22.8. The van der Waals surface area contributed by atoms with Crippen LogP contribution in [-0.2, 0) is 9.53 Å². The van der Waals surface area contributed by atoms with Crippen molar-refractivity contribution in [2.75, 3.05) is 6.61 Å². The minimum atomic E-state index is -0.226. The molecular formula is C12H12O2. The van der Waals surface area contributed by atoms with E-state index in [1.807, 2.05) is 37.3 Å². The van der Waals surface area contributed by atoms with Crippen LogP contribution in [0.25, 0.3) is 0 Å². The number of carbonyl (C=O) groups excluding carboxylic acids is 1. The standard InChI is InChI=1S/C12H12O2/c1-2-14-12(13)11-7-9-5-3-4-6-10(9)8-11/h3-9H,2H2,1H3. The highest BCUT2D eigenvalue weighted by Gasteiger charge is 2.20. The van der Waals surface area contributed by atoms with Gasteiger partial charge < -0.3 is 4.74 Å². The Labute approximate surface area is 83.3 Å². The monoisotopic (exact) mass is 188 g/mol. The second kappa shape index (κ2) is 3.66. The summed E-state index contributed by atoms with van der Waals surface area (Å²) in [6, 6.07) is 0. The van der Waals surface area contributed by atoms with Gasteiger partial charge in [0.1, 0.15) is 0 Å². The molecule has 1 unspecified atom stereocenters. The van der Waals surface area contributed by atoms with E-state index in [9.17, 15) is 4.79 Å². The maximum Gasteiger partial charge on any atom is 0.337 e. The van der Waals surface area contributed by atoms with Gasteiger partial charge in [0.15, 0.2) is 0 Å². The number of rotatable bonds is 2. The molecule has 0 spiro atoms. The quantitative estimate of drug-likeness (QED) is 0.621. The highest BCUT2D eigenvalue weighted by atomic mass is 16.5. The lowest BCUT2D eigenvalue weighted by atomic mass is 9.98. The predicted octanol–water partition coefficient (Wildman–Crippen LogP) is 2.16. The molecule has 72 valence electrons. The van der Waals surface area contributed by atoms with E-state index in [0.29, 0.717) is 12.2 Å². The number of carbonyl (C=O) groups is 1. The first kappa shape index (κ1) is 9.00. The molecule has 2 aliphatic carbocycles. The van der Waals surface area contributed by atoms with E-state index in [1.165, 1.54) is 0 Å². The molecule has 0 aliphatic heterocycles. The molecule has 2 nitrogen and oxygen atoms in total. The van der Waals surface area contributed by atoms with Crippen LogP contribution >= 0.6 is 0 Å². The molecule has 0 N–H and O–H groups in total. The molecular weight excluding hydrogens is 176 g/mol. The Kier molecular flexibility index (Phi) is 2.35. The Hall–Kier alpha value is -1.57. The molecule has 0 saturated heterocycles. The molecule has 1 atom stereocenters. The zero-order valence-corrected chi connectivity index (χ0v) is 8.07. The number of hydrogen-bond donors (Lipinski definition) is 0. The first-order chi connectivity index (χ1) is 6.81. The van der Waals surface area contributed by atoms with Crippen LogP contribution in [0, 0.1) is 5.92 Å². The third kappa shape index (κ3) is 1.55. The zero-order chi connectivity index (χ0) is 9.97. The van der Waals surface area contributed by atoms with Crippen molar-refractivity contribution in [1.82, 2.24) is 0 Å². The Bertz CT molecular complexity index is 370. The van der Waals surface area contributed by atoms with Gasteiger partial charge in [-0.3, -0.25) is 0 Å². The summed E-state index contributed by atoms with van der Waals surface area (Å²) >= 11 is 0. The zero-order valence-electron chi connectivity index (χ0n) is 8.07. The summed E-state index contributed by atoms with van der Waals surface area (Å²) in [6.45, 7) is 2.24. The summed E-state index contributed by atoms with van der Waals surface area (Å²) in [7, 11) is 0. The van der Waals surface area contributed by atoms with Crippen molar-refractivity contribution < 1.29 is 9.53 Å². The van der Waals surface area contributed by atoms with Gasteiger partial charge >= 0.3 is 5.97 Å². The minimum Gasteiger partial charge on any atom is -0.462 e. The summed E-state index contributed by atoms with van der Waals surface area (Å²) in [4.78, 5) is 11.4. The first-order valence-corrected chi connectivity index (χ1v) is 4.76. The smallest absolute Gasteiger partial charge is 0.337 e. The SMILES string of the molecule is CCOC(=O)C1=CC2C=CC=CC2=C1. The largest absolute Gasteiger partial charge is 0.462 e. The summed E-state index contributed by atoms with van der Waals surface area (Å²) in [6.07, 6.45) is 11.9. The van der Waals surface area contributed by atoms with Crippen LogP contribution in [0.3, 0.4) is 0 Å². The number of allylic oxidation sites excluding steroid dienone is 6. The van der Waals surface area contributed by atoms with Crippen LogP contribution in [-0.4, -0.2) is 12.6 Å². The third-order valence-corrected chi connectivity index (χ3v) is 2.30. The number of hydrogen-bond acceptors (Lipinski definition) is 2. The van der Waals surface area contributed by atoms with E-state index in [0.717, 1.165) is 5.57 Å².